The van der Waals surface area contributed by atoms with E-state index >= 15 is 0 Å². The SMILES string of the molecule is CC(C)N(C(=O)c1csc(CCN)n1)C1CC1.Cl. The maximum atomic E-state index is 12.3. The lowest BCUT2D eigenvalue weighted by molar-refractivity contribution is 0.0685. The topological polar surface area (TPSA) is 59.2 Å². The lowest BCUT2D eigenvalue weighted by atomic mass is 10.2. The van der Waals surface area contributed by atoms with Crippen LogP contribution in [0.25, 0.3) is 0 Å². The van der Waals surface area contributed by atoms with Gasteiger partial charge in [0.15, 0.2) is 0 Å². The van der Waals surface area contributed by atoms with Crippen LogP contribution in [0.1, 0.15) is 42.2 Å². The minimum absolute atomic E-state index is 0. The molecule has 1 amide bonds. The molecule has 1 aliphatic rings. The first kappa shape index (κ1) is 15.4. The van der Waals surface area contributed by atoms with Crippen molar-refractivity contribution in [1.82, 2.24) is 9.88 Å². The van der Waals surface area contributed by atoms with Crippen molar-refractivity contribution in [3.63, 3.8) is 0 Å². The van der Waals surface area contributed by atoms with Crippen molar-refractivity contribution in [2.24, 2.45) is 5.73 Å². The zero-order chi connectivity index (χ0) is 12.4. The van der Waals surface area contributed by atoms with Gasteiger partial charge in [0.1, 0.15) is 5.69 Å². The molecule has 1 saturated carbocycles. The van der Waals surface area contributed by atoms with E-state index in [9.17, 15) is 4.79 Å². The summed E-state index contributed by atoms with van der Waals surface area (Å²) in [6.07, 6.45) is 3.01. The van der Waals surface area contributed by atoms with Gasteiger partial charge in [-0.1, -0.05) is 0 Å². The summed E-state index contributed by atoms with van der Waals surface area (Å²) in [5.74, 6) is 0.0713. The minimum atomic E-state index is 0. The van der Waals surface area contributed by atoms with E-state index in [-0.39, 0.29) is 24.4 Å². The molecule has 0 unspecified atom stereocenters. The molecule has 0 saturated heterocycles. The number of hydrogen-bond donors (Lipinski definition) is 1. The van der Waals surface area contributed by atoms with E-state index in [4.69, 9.17) is 5.73 Å². The third kappa shape index (κ3) is 3.43. The Kier molecular flexibility index (Phi) is 5.56. The average Bonchev–Trinajstić information content (AvgIpc) is 2.97. The van der Waals surface area contributed by atoms with Crippen LogP contribution < -0.4 is 5.73 Å². The summed E-state index contributed by atoms with van der Waals surface area (Å²) in [6, 6.07) is 0.678. The van der Waals surface area contributed by atoms with Gasteiger partial charge in [0, 0.05) is 23.9 Å². The Morgan fingerprint density at radius 2 is 2.28 bits per heavy atom. The minimum Gasteiger partial charge on any atom is -0.332 e. The summed E-state index contributed by atoms with van der Waals surface area (Å²) < 4.78 is 0. The van der Waals surface area contributed by atoms with Crippen LogP contribution in [0.3, 0.4) is 0 Å². The molecular formula is C12H20ClN3OS. The van der Waals surface area contributed by atoms with E-state index in [1.807, 2.05) is 10.3 Å². The molecule has 1 heterocycles. The van der Waals surface area contributed by atoms with Gasteiger partial charge in [0.2, 0.25) is 0 Å². The van der Waals surface area contributed by atoms with Gasteiger partial charge in [0.25, 0.3) is 5.91 Å². The Bertz CT molecular complexity index is 402. The van der Waals surface area contributed by atoms with Crippen LogP contribution in [0.4, 0.5) is 0 Å². The number of nitrogens with two attached hydrogens (primary N) is 1. The second-order valence-corrected chi connectivity index (χ2v) is 5.65. The lowest BCUT2D eigenvalue weighted by Gasteiger charge is -2.25. The number of carbonyl (C=O) groups excluding carboxylic acids is 1. The van der Waals surface area contributed by atoms with Crippen LogP contribution in [0, 0.1) is 0 Å². The Labute approximate surface area is 118 Å². The molecule has 1 aromatic heterocycles. The Morgan fingerprint density at radius 1 is 1.61 bits per heavy atom. The van der Waals surface area contributed by atoms with E-state index in [1.165, 1.54) is 11.3 Å². The fraction of sp³-hybridized carbons (Fsp3) is 0.667. The smallest absolute Gasteiger partial charge is 0.273 e. The van der Waals surface area contributed by atoms with Crippen LogP contribution in [0.2, 0.25) is 0 Å². The number of aromatic nitrogens is 1. The van der Waals surface area contributed by atoms with Gasteiger partial charge >= 0.3 is 0 Å². The number of hydrogen-bond acceptors (Lipinski definition) is 4. The maximum Gasteiger partial charge on any atom is 0.273 e. The van der Waals surface area contributed by atoms with E-state index in [2.05, 4.69) is 18.8 Å². The summed E-state index contributed by atoms with van der Waals surface area (Å²) in [4.78, 5) is 18.6. The molecule has 0 aliphatic heterocycles. The summed E-state index contributed by atoms with van der Waals surface area (Å²) in [5.41, 5.74) is 6.07. The fourth-order valence-corrected chi connectivity index (χ4v) is 2.74. The number of amides is 1. The molecule has 4 nitrogen and oxygen atoms in total. The predicted octanol–water partition coefficient (Wildman–Crippen LogP) is 2.08. The predicted molar refractivity (Wildman–Crippen MR) is 76.4 cm³/mol. The second kappa shape index (κ2) is 6.50. The first-order valence-electron chi connectivity index (χ1n) is 6.10. The molecule has 2 N–H and O–H groups in total. The largest absolute Gasteiger partial charge is 0.332 e. The van der Waals surface area contributed by atoms with E-state index in [0.29, 0.717) is 18.3 Å². The van der Waals surface area contributed by atoms with Crippen molar-refractivity contribution in [1.29, 1.82) is 0 Å². The Balaban J connectivity index is 0.00000162. The summed E-state index contributed by atoms with van der Waals surface area (Å²) >= 11 is 1.53. The van der Waals surface area contributed by atoms with Crippen molar-refractivity contribution >= 4 is 29.7 Å². The van der Waals surface area contributed by atoms with Gasteiger partial charge in [-0.05, 0) is 33.2 Å². The lowest BCUT2D eigenvalue weighted by Crippen LogP contribution is -2.38. The van der Waals surface area contributed by atoms with Crippen molar-refractivity contribution in [3.05, 3.63) is 16.1 Å². The zero-order valence-corrected chi connectivity index (χ0v) is 12.4. The van der Waals surface area contributed by atoms with E-state index < -0.39 is 0 Å². The molecule has 0 radical (unpaired) electrons. The molecule has 2 rings (SSSR count). The van der Waals surface area contributed by atoms with Crippen LogP contribution in [-0.2, 0) is 6.42 Å². The average molecular weight is 290 g/mol. The molecule has 1 aromatic rings. The maximum absolute atomic E-state index is 12.3. The third-order valence-electron chi connectivity index (χ3n) is 2.86. The summed E-state index contributed by atoms with van der Waals surface area (Å²) in [5, 5.41) is 2.81. The Hall–Kier alpha value is -0.650. The standard InChI is InChI=1S/C12H19N3OS.ClH/c1-8(2)15(9-3-4-9)12(16)10-7-17-11(14-10)5-6-13;/h7-9H,3-6,13H2,1-2H3;1H. The van der Waals surface area contributed by atoms with Gasteiger partial charge in [0.05, 0.1) is 5.01 Å². The van der Waals surface area contributed by atoms with Gasteiger partial charge in [-0.15, -0.1) is 23.7 Å². The first-order valence-corrected chi connectivity index (χ1v) is 6.98. The normalized spacial score (nSPS) is 14.4. The first-order chi connectivity index (χ1) is 8.13. The molecule has 1 aliphatic carbocycles. The second-order valence-electron chi connectivity index (χ2n) is 4.70. The quantitative estimate of drug-likeness (QED) is 0.903. The van der Waals surface area contributed by atoms with Crippen LogP contribution in [0.15, 0.2) is 5.38 Å². The molecular weight excluding hydrogens is 270 g/mol. The van der Waals surface area contributed by atoms with Gasteiger partial charge in [-0.2, -0.15) is 0 Å². The monoisotopic (exact) mass is 289 g/mol. The van der Waals surface area contributed by atoms with Crippen molar-refractivity contribution in [3.8, 4) is 0 Å². The van der Waals surface area contributed by atoms with Gasteiger partial charge in [-0.25, -0.2) is 4.98 Å². The fourth-order valence-electron chi connectivity index (χ4n) is 1.95. The molecule has 18 heavy (non-hydrogen) atoms. The highest BCUT2D eigenvalue weighted by Crippen LogP contribution is 2.30. The number of rotatable bonds is 5. The molecule has 1 fully saturated rings. The number of thiazole rings is 1. The molecule has 0 bridgehead atoms. The number of halogens is 1. The Morgan fingerprint density at radius 3 is 2.78 bits per heavy atom. The molecule has 0 spiro atoms. The number of nitrogens with zero attached hydrogens (tertiary/aromatic N) is 2. The number of carbonyl (C=O) groups is 1. The molecule has 0 atom stereocenters. The molecule has 0 aromatic carbocycles. The zero-order valence-electron chi connectivity index (χ0n) is 10.8. The van der Waals surface area contributed by atoms with E-state index in [0.717, 1.165) is 24.3 Å². The summed E-state index contributed by atoms with van der Waals surface area (Å²) in [7, 11) is 0. The highest BCUT2D eigenvalue weighted by molar-refractivity contribution is 7.09. The van der Waals surface area contributed by atoms with Crippen molar-refractivity contribution < 1.29 is 4.79 Å². The highest BCUT2D eigenvalue weighted by atomic mass is 35.5. The van der Waals surface area contributed by atoms with Crippen LogP contribution in [0.5, 0.6) is 0 Å². The van der Waals surface area contributed by atoms with Gasteiger partial charge in [-0.3, -0.25) is 4.79 Å². The van der Waals surface area contributed by atoms with Crippen molar-refractivity contribution in [2.45, 2.75) is 45.2 Å². The molecule has 102 valence electrons. The van der Waals surface area contributed by atoms with E-state index in [1.54, 1.807) is 0 Å². The van der Waals surface area contributed by atoms with Crippen LogP contribution in [-0.4, -0.2) is 34.4 Å². The third-order valence-corrected chi connectivity index (χ3v) is 3.77. The highest BCUT2D eigenvalue weighted by Gasteiger charge is 2.35. The van der Waals surface area contributed by atoms with Gasteiger partial charge < -0.3 is 10.6 Å². The molecule has 6 heteroatoms. The summed E-state index contributed by atoms with van der Waals surface area (Å²) in [6.45, 7) is 4.70. The van der Waals surface area contributed by atoms with Crippen LogP contribution >= 0.6 is 23.7 Å². The van der Waals surface area contributed by atoms with Crippen molar-refractivity contribution in [2.75, 3.05) is 6.54 Å².